The van der Waals surface area contributed by atoms with Crippen molar-refractivity contribution in [3.05, 3.63) is 61.7 Å². The van der Waals surface area contributed by atoms with Crippen LogP contribution in [-0.4, -0.2) is 31.4 Å². The van der Waals surface area contributed by atoms with Gasteiger partial charge in [0.05, 0.1) is 17.5 Å². The maximum Gasteiger partial charge on any atom is 0.573 e. The number of ether oxygens (including phenoxy) is 1. The fourth-order valence-corrected chi connectivity index (χ4v) is 4.64. The van der Waals surface area contributed by atoms with Gasteiger partial charge in [0.2, 0.25) is 11.9 Å². The summed E-state index contributed by atoms with van der Waals surface area (Å²) in [5.74, 6) is -0.775. The molecular formula is C21H18F3N5O4S. The molecule has 0 bridgehead atoms. The molecule has 4 rings (SSSR count). The molecule has 1 amide bonds. The van der Waals surface area contributed by atoms with Gasteiger partial charge in [0, 0.05) is 30.7 Å². The third-order valence-electron chi connectivity index (χ3n) is 5.12. The van der Waals surface area contributed by atoms with Crippen molar-refractivity contribution in [1.82, 2.24) is 19.1 Å². The van der Waals surface area contributed by atoms with E-state index >= 15 is 0 Å². The van der Waals surface area contributed by atoms with E-state index in [2.05, 4.69) is 20.0 Å². The average molecular weight is 493 g/mol. The van der Waals surface area contributed by atoms with Crippen LogP contribution in [0.3, 0.4) is 0 Å². The number of carbonyl (C=O) groups excluding carboxylic acids is 1. The van der Waals surface area contributed by atoms with Gasteiger partial charge in [0.25, 0.3) is 5.56 Å². The molecule has 3 heterocycles. The minimum absolute atomic E-state index is 0.0830. The smallest absolute Gasteiger partial charge is 0.406 e. The van der Waals surface area contributed by atoms with Crippen molar-refractivity contribution in [2.45, 2.75) is 19.7 Å². The number of rotatable bonds is 5. The lowest BCUT2D eigenvalue weighted by Gasteiger charge is -2.09. The fraction of sp³-hybridized carbons (Fsp3) is 0.238. The van der Waals surface area contributed by atoms with E-state index in [1.165, 1.54) is 47.3 Å². The van der Waals surface area contributed by atoms with Gasteiger partial charge in [-0.2, -0.15) is 0 Å². The van der Waals surface area contributed by atoms with Gasteiger partial charge in [-0.3, -0.25) is 24.0 Å². The van der Waals surface area contributed by atoms with Crippen LogP contribution in [0.5, 0.6) is 5.75 Å². The second-order valence-electron chi connectivity index (χ2n) is 7.46. The normalized spacial score (nSPS) is 11.7. The van der Waals surface area contributed by atoms with Crippen molar-refractivity contribution in [2.75, 3.05) is 5.32 Å². The predicted octanol–water partition coefficient (Wildman–Crippen LogP) is 3.08. The van der Waals surface area contributed by atoms with Gasteiger partial charge in [-0.1, -0.05) is 12.1 Å². The van der Waals surface area contributed by atoms with Gasteiger partial charge in [0.1, 0.15) is 10.6 Å². The summed E-state index contributed by atoms with van der Waals surface area (Å²) >= 11 is 1.25. The summed E-state index contributed by atoms with van der Waals surface area (Å²) in [6, 6.07) is 5.28. The Kier molecular flexibility index (Phi) is 5.81. The Hall–Kier alpha value is -3.87. The standard InChI is InChI=1S/C21H18F3N5O4S/c1-10-13(16-17(31)28(2)20(32)29(3)18(16)34-10)8-15(30)27-19-25-9-14(26-19)11-5-4-6-12(7-11)33-21(22,23)24/h4-7,9H,8H2,1-3H3,(H2,25,26,27,30). The van der Waals surface area contributed by atoms with Crippen LogP contribution in [0.1, 0.15) is 10.4 Å². The van der Waals surface area contributed by atoms with Gasteiger partial charge in [-0.15, -0.1) is 24.5 Å². The molecule has 0 aliphatic heterocycles. The monoisotopic (exact) mass is 493 g/mol. The lowest BCUT2D eigenvalue weighted by molar-refractivity contribution is -0.274. The number of imidazole rings is 1. The Labute approximate surface area is 193 Å². The summed E-state index contributed by atoms with van der Waals surface area (Å²) in [6.07, 6.45) is -3.52. The van der Waals surface area contributed by atoms with E-state index < -0.39 is 29.3 Å². The number of hydrogen-bond donors (Lipinski definition) is 2. The number of aromatic nitrogens is 4. The zero-order valence-corrected chi connectivity index (χ0v) is 18.9. The first-order valence-electron chi connectivity index (χ1n) is 9.84. The van der Waals surface area contributed by atoms with Gasteiger partial charge in [-0.25, -0.2) is 9.78 Å². The van der Waals surface area contributed by atoms with Crippen LogP contribution in [-0.2, 0) is 25.3 Å². The highest BCUT2D eigenvalue weighted by molar-refractivity contribution is 7.18. The topological polar surface area (TPSA) is 111 Å². The van der Waals surface area contributed by atoms with E-state index in [0.29, 0.717) is 27.0 Å². The molecule has 0 spiro atoms. The maximum absolute atomic E-state index is 12.7. The average Bonchev–Trinajstić information content (AvgIpc) is 3.34. The molecule has 34 heavy (non-hydrogen) atoms. The first-order valence-corrected chi connectivity index (χ1v) is 10.7. The van der Waals surface area contributed by atoms with Crippen molar-refractivity contribution in [2.24, 2.45) is 14.1 Å². The molecule has 0 atom stereocenters. The van der Waals surface area contributed by atoms with E-state index in [0.717, 1.165) is 9.44 Å². The number of aryl methyl sites for hydroxylation is 2. The summed E-state index contributed by atoms with van der Waals surface area (Å²) in [6.45, 7) is 1.76. The number of H-pyrrole nitrogens is 1. The number of nitrogens with zero attached hydrogens (tertiary/aromatic N) is 3. The Bertz CT molecular complexity index is 1530. The molecule has 178 valence electrons. The third kappa shape index (κ3) is 4.46. The summed E-state index contributed by atoms with van der Waals surface area (Å²) in [5, 5.41) is 2.89. The summed E-state index contributed by atoms with van der Waals surface area (Å²) in [5.41, 5.74) is 0.220. The number of nitrogens with one attached hydrogen (secondary N) is 2. The van der Waals surface area contributed by atoms with E-state index in [4.69, 9.17) is 0 Å². The molecular weight excluding hydrogens is 475 g/mol. The van der Waals surface area contributed by atoms with Crippen LogP contribution in [0.15, 0.2) is 40.1 Å². The van der Waals surface area contributed by atoms with Crippen LogP contribution < -0.4 is 21.3 Å². The number of aromatic amines is 1. The lowest BCUT2D eigenvalue weighted by Crippen LogP contribution is -2.36. The molecule has 9 nitrogen and oxygen atoms in total. The molecule has 0 fully saturated rings. The number of amides is 1. The number of anilines is 1. The largest absolute Gasteiger partial charge is 0.573 e. The Morgan fingerprint density at radius 1 is 1.24 bits per heavy atom. The second kappa shape index (κ2) is 8.48. The first kappa shape index (κ1) is 23.3. The molecule has 0 aliphatic carbocycles. The molecule has 3 aromatic heterocycles. The quantitative estimate of drug-likeness (QED) is 0.444. The number of benzene rings is 1. The first-order chi connectivity index (χ1) is 15.9. The minimum atomic E-state index is -4.82. The van der Waals surface area contributed by atoms with E-state index in [1.807, 2.05) is 0 Å². The molecule has 0 aliphatic rings. The molecule has 13 heteroatoms. The molecule has 4 aromatic rings. The highest BCUT2D eigenvalue weighted by Gasteiger charge is 2.31. The Morgan fingerprint density at radius 3 is 2.68 bits per heavy atom. The molecule has 2 N–H and O–H groups in total. The number of carbonyl (C=O) groups is 1. The van der Waals surface area contributed by atoms with E-state index in [-0.39, 0.29) is 12.4 Å². The second-order valence-corrected chi connectivity index (χ2v) is 8.66. The van der Waals surface area contributed by atoms with Crippen LogP contribution in [0, 0.1) is 6.92 Å². The number of fused-ring (bicyclic) bond motifs is 1. The number of halogens is 3. The number of thiophene rings is 1. The third-order valence-corrected chi connectivity index (χ3v) is 6.35. The van der Waals surface area contributed by atoms with Crippen molar-refractivity contribution in [1.29, 1.82) is 0 Å². The van der Waals surface area contributed by atoms with Crippen LogP contribution in [0.25, 0.3) is 21.5 Å². The van der Waals surface area contributed by atoms with Gasteiger partial charge in [-0.05, 0) is 24.6 Å². The highest BCUT2D eigenvalue weighted by Crippen LogP contribution is 2.29. The van der Waals surface area contributed by atoms with Crippen molar-refractivity contribution in [3.8, 4) is 17.0 Å². The zero-order chi connectivity index (χ0) is 24.8. The molecule has 1 aromatic carbocycles. The fourth-order valence-electron chi connectivity index (χ4n) is 3.52. The van der Waals surface area contributed by atoms with Crippen molar-refractivity contribution in [3.63, 3.8) is 0 Å². The van der Waals surface area contributed by atoms with Gasteiger partial charge >= 0.3 is 12.1 Å². The predicted molar refractivity (Wildman–Crippen MR) is 120 cm³/mol. The van der Waals surface area contributed by atoms with Crippen LogP contribution >= 0.6 is 11.3 Å². The number of hydrogen-bond acceptors (Lipinski definition) is 6. The molecule has 0 saturated carbocycles. The Balaban J connectivity index is 1.56. The number of alkyl halides is 3. The summed E-state index contributed by atoms with van der Waals surface area (Å²) in [7, 11) is 2.93. The summed E-state index contributed by atoms with van der Waals surface area (Å²) < 4.78 is 43.7. The van der Waals surface area contributed by atoms with Crippen LogP contribution in [0.4, 0.5) is 19.1 Å². The lowest BCUT2D eigenvalue weighted by atomic mass is 10.1. The Morgan fingerprint density at radius 2 is 1.97 bits per heavy atom. The SMILES string of the molecule is Cc1sc2c(c1CC(=O)Nc1nc(-c3cccc(OC(F)(F)F)c3)c[nH]1)c(=O)n(C)c(=O)n2C. The summed E-state index contributed by atoms with van der Waals surface area (Å²) in [4.78, 5) is 45.7. The molecule has 0 saturated heterocycles. The van der Waals surface area contributed by atoms with Crippen molar-refractivity contribution < 1.29 is 22.7 Å². The zero-order valence-electron chi connectivity index (χ0n) is 18.1. The highest BCUT2D eigenvalue weighted by atomic mass is 32.1. The molecule has 0 radical (unpaired) electrons. The van der Waals surface area contributed by atoms with Gasteiger partial charge < -0.3 is 9.72 Å². The minimum Gasteiger partial charge on any atom is -0.406 e. The van der Waals surface area contributed by atoms with Gasteiger partial charge in [0.15, 0.2) is 0 Å². The molecule has 0 unspecified atom stereocenters. The van der Waals surface area contributed by atoms with E-state index in [9.17, 15) is 27.6 Å². The van der Waals surface area contributed by atoms with Crippen molar-refractivity contribution >= 4 is 33.4 Å². The van der Waals surface area contributed by atoms with E-state index in [1.54, 1.807) is 20.0 Å². The maximum atomic E-state index is 12.7. The van der Waals surface area contributed by atoms with Crippen LogP contribution in [0.2, 0.25) is 0 Å².